The third-order valence-corrected chi connectivity index (χ3v) is 3.01. The van der Waals surface area contributed by atoms with Gasteiger partial charge in [0.25, 0.3) is 5.88 Å². The Kier molecular flexibility index (Phi) is 5.67. The quantitative estimate of drug-likeness (QED) is 0.587. The SMILES string of the molecule is Cc1ccccc1NC(=O)CC(=O)NCCOc1nonc1C. The second kappa shape index (κ2) is 7.92. The van der Waals surface area contributed by atoms with Crippen LogP contribution >= 0.6 is 0 Å². The van der Waals surface area contributed by atoms with E-state index >= 15 is 0 Å². The normalized spacial score (nSPS) is 10.2. The van der Waals surface area contributed by atoms with Gasteiger partial charge in [-0.25, -0.2) is 4.63 Å². The highest BCUT2D eigenvalue weighted by atomic mass is 16.6. The predicted molar refractivity (Wildman–Crippen MR) is 82.0 cm³/mol. The van der Waals surface area contributed by atoms with E-state index in [4.69, 9.17) is 4.74 Å². The van der Waals surface area contributed by atoms with Crippen LogP contribution in [0.15, 0.2) is 28.9 Å². The van der Waals surface area contributed by atoms with E-state index in [0.29, 0.717) is 11.4 Å². The highest BCUT2D eigenvalue weighted by molar-refractivity contribution is 6.03. The summed E-state index contributed by atoms with van der Waals surface area (Å²) in [6, 6.07) is 7.37. The van der Waals surface area contributed by atoms with Gasteiger partial charge in [0.1, 0.15) is 18.7 Å². The molecule has 2 N–H and O–H groups in total. The monoisotopic (exact) mass is 318 g/mol. The van der Waals surface area contributed by atoms with Crippen molar-refractivity contribution in [3.05, 3.63) is 35.5 Å². The number of aromatic nitrogens is 2. The summed E-state index contributed by atoms with van der Waals surface area (Å²) in [5, 5.41) is 12.4. The number of amides is 2. The van der Waals surface area contributed by atoms with Crippen molar-refractivity contribution in [3.63, 3.8) is 0 Å². The van der Waals surface area contributed by atoms with Crippen molar-refractivity contribution >= 4 is 17.5 Å². The Morgan fingerprint density at radius 3 is 2.65 bits per heavy atom. The number of benzene rings is 1. The topological polar surface area (TPSA) is 106 Å². The number of hydrogen-bond acceptors (Lipinski definition) is 6. The molecule has 0 spiro atoms. The Morgan fingerprint density at radius 1 is 1.17 bits per heavy atom. The largest absolute Gasteiger partial charge is 0.472 e. The van der Waals surface area contributed by atoms with Crippen molar-refractivity contribution in [1.82, 2.24) is 15.6 Å². The molecule has 8 nitrogen and oxygen atoms in total. The lowest BCUT2D eigenvalue weighted by molar-refractivity contribution is -0.126. The molecule has 0 fully saturated rings. The zero-order valence-electron chi connectivity index (χ0n) is 13.0. The lowest BCUT2D eigenvalue weighted by Gasteiger charge is -2.08. The summed E-state index contributed by atoms with van der Waals surface area (Å²) >= 11 is 0. The van der Waals surface area contributed by atoms with Crippen LogP contribution in [0.25, 0.3) is 0 Å². The molecule has 2 rings (SSSR count). The number of hydrogen-bond donors (Lipinski definition) is 2. The zero-order chi connectivity index (χ0) is 16.7. The van der Waals surface area contributed by atoms with Crippen LogP contribution in [0.2, 0.25) is 0 Å². The molecular formula is C15H18N4O4. The summed E-state index contributed by atoms with van der Waals surface area (Å²) < 4.78 is 9.74. The van der Waals surface area contributed by atoms with Gasteiger partial charge in [0.15, 0.2) is 0 Å². The van der Waals surface area contributed by atoms with Crippen molar-refractivity contribution in [2.45, 2.75) is 20.3 Å². The lowest BCUT2D eigenvalue weighted by Crippen LogP contribution is -2.31. The number of carbonyl (C=O) groups is 2. The standard InChI is InChI=1S/C15H18N4O4/c1-10-5-3-4-6-12(10)17-14(21)9-13(20)16-7-8-22-15-11(2)18-23-19-15/h3-6H,7-9H2,1-2H3,(H,16,20)(H,17,21). The van der Waals surface area contributed by atoms with E-state index in [-0.39, 0.29) is 37.3 Å². The summed E-state index contributed by atoms with van der Waals surface area (Å²) in [5.74, 6) is -0.458. The van der Waals surface area contributed by atoms with E-state index in [2.05, 4.69) is 25.6 Å². The fourth-order valence-corrected chi connectivity index (χ4v) is 1.81. The first-order valence-electron chi connectivity index (χ1n) is 7.10. The van der Waals surface area contributed by atoms with Crippen molar-refractivity contribution in [2.24, 2.45) is 0 Å². The molecular weight excluding hydrogens is 300 g/mol. The van der Waals surface area contributed by atoms with Gasteiger partial charge in [0.2, 0.25) is 11.8 Å². The van der Waals surface area contributed by atoms with E-state index in [9.17, 15) is 9.59 Å². The molecule has 1 heterocycles. The molecule has 2 amide bonds. The molecule has 0 bridgehead atoms. The fourth-order valence-electron chi connectivity index (χ4n) is 1.81. The maximum absolute atomic E-state index is 11.8. The lowest BCUT2D eigenvalue weighted by atomic mass is 10.2. The minimum atomic E-state index is -0.380. The van der Waals surface area contributed by atoms with Crippen LogP contribution in [0.1, 0.15) is 17.7 Å². The average molecular weight is 318 g/mol. The number of rotatable bonds is 7. The number of nitrogens with one attached hydrogen (secondary N) is 2. The molecule has 0 aliphatic carbocycles. The number of aryl methyl sites for hydroxylation is 2. The Morgan fingerprint density at radius 2 is 1.96 bits per heavy atom. The molecule has 23 heavy (non-hydrogen) atoms. The fraction of sp³-hybridized carbons (Fsp3) is 0.333. The molecule has 122 valence electrons. The summed E-state index contributed by atoms with van der Waals surface area (Å²) in [7, 11) is 0. The van der Waals surface area contributed by atoms with Crippen LogP contribution < -0.4 is 15.4 Å². The first-order chi connectivity index (χ1) is 11.1. The van der Waals surface area contributed by atoms with E-state index in [1.807, 2.05) is 25.1 Å². The molecule has 0 unspecified atom stereocenters. The van der Waals surface area contributed by atoms with E-state index in [0.717, 1.165) is 5.56 Å². The molecule has 8 heteroatoms. The van der Waals surface area contributed by atoms with Crippen LogP contribution in [0.3, 0.4) is 0 Å². The first kappa shape index (κ1) is 16.5. The molecule has 0 saturated carbocycles. The van der Waals surface area contributed by atoms with Gasteiger partial charge in [-0.3, -0.25) is 9.59 Å². The maximum atomic E-state index is 11.8. The number of anilines is 1. The van der Waals surface area contributed by atoms with Gasteiger partial charge in [-0.1, -0.05) is 23.4 Å². The van der Waals surface area contributed by atoms with Crippen LogP contribution in [0.5, 0.6) is 5.88 Å². The van der Waals surface area contributed by atoms with Gasteiger partial charge in [-0.15, -0.1) is 0 Å². The number of para-hydroxylation sites is 1. The highest BCUT2D eigenvalue weighted by Gasteiger charge is 2.11. The average Bonchev–Trinajstić information content (AvgIpc) is 2.91. The molecule has 0 radical (unpaired) electrons. The Labute approximate surface area is 133 Å². The summed E-state index contributed by atoms with van der Waals surface area (Å²) in [6.07, 6.45) is -0.251. The summed E-state index contributed by atoms with van der Waals surface area (Å²) in [6.45, 7) is 4.04. The predicted octanol–water partition coefficient (Wildman–Crippen LogP) is 1.21. The molecule has 0 saturated heterocycles. The van der Waals surface area contributed by atoms with Crippen molar-refractivity contribution in [2.75, 3.05) is 18.5 Å². The van der Waals surface area contributed by atoms with E-state index in [1.165, 1.54) is 0 Å². The van der Waals surface area contributed by atoms with E-state index in [1.54, 1.807) is 13.0 Å². The van der Waals surface area contributed by atoms with E-state index < -0.39 is 0 Å². The second-order valence-corrected chi connectivity index (χ2v) is 4.89. The molecule has 1 aromatic carbocycles. The zero-order valence-corrected chi connectivity index (χ0v) is 13.0. The van der Waals surface area contributed by atoms with Crippen LogP contribution in [-0.4, -0.2) is 35.3 Å². The van der Waals surface area contributed by atoms with Crippen molar-refractivity contribution < 1.29 is 19.0 Å². The minimum absolute atomic E-state index is 0.209. The van der Waals surface area contributed by atoms with Crippen LogP contribution in [-0.2, 0) is 9.59 Å². The Hall–Kier alpha value is -2.90. The van der Waals surface area contributed by atoms with Gasteiger partial charge >= 0.3 is 0 Å². The van der Waals surface area contributed by atoms with Crippen molar-refractivity contribution in [1.29, 1.82) is 0 Å². The van der Waals surface area contributed by atoms with Crippen LogP contribution in [0, 0.1) is 13.8 Å². The first-order valence-corrected chi connectivity index (χ1v) is 7.10. The van der Waals surface area contributed by atoms with Gasteiger partial charge in [-0.05, 0) is 30.6 Å². The Balaban J connectivity index is 1.67. The number of nitrogens with zero attached hydrogens (tertiary/aromatic N) is 2. The molecule has 0 aliphatic rings. The van der Waals surface area contributed by atoms with Gasteiger partial charge in [0.05, 0.1) is 6.54 Å². The molecule has 2 aromatic rings. The summed E-state index contributed by atoms with van der Waals surface area (Å²) in [4.78, 5) is 23.5. The maximum Gasteiger partial charge on any atom is 0.278 e. The molecule has 0 atom stereocenters. The molecule has 0 aliphatic heterocycles. The molecule has 1 aromatic heterocycles. The third-order valence-electron chi connectivity index (χ3n) is 3.01. The number of carbonyl (C=O) groups excluding carboxylic acids is 2. The van der Waals surface area contributed by atoms with Gasteiger partial charge in [0, 0.05) is 5.69 Å². The number of ether oxygens (including phenoxy) is 1. The van der Waals surface area contributed by atoms with Gasteiger partial charge in [-0.2, -0.15) is 0 Å². The Bertz CT molecular complexity index is 684. The smallest absolute Gasteiger partial charge is 0.278 e. The van der Waals surface area contributed by atoms with Crippen molar-refractivity contribution in [3.8, 4) is 5.88 Å². The summed E-state index contributed by atoms with van der Waals surface area (Å²) in [5.41, 5.74) is 2.17. The third kappa shape index (κ3) is 5.10. The van der Waals surface area contributed by atoms with Gasteiger partial charge < -0.3 is 15.4 Å². The second-order valence-electron chi connectivity index (χ2n) is 4.89. The minimum Gasteiger partial charge on any atom is -0.472 e. The highest BCUT2D eigenvalue weighted by Crippen LogP contribution is 2.13. The van der Waals surface area contributed by atoms with Crippen LogP contribution in [0.4, 0.5) is 5.69 Å².